The number of aromatic nitrogens is 2. The van der Waals surface area contributed by atoms with Gasteiger partial charge in [0.15, 0.2) is 4.34 Å². The van der Waals surface area contributed by atoms with Crippen molar-refractivity contribution in [1.82, 2.24) is 10.2 Å². The minimum Gasteiger partial charge on any atom is -0.369 e. The Morgan fingerprint density at radius 2 is 2.00 bits per heavy atom. The summed E-state index contributed by atoms with van der Waals surface area (Å²) in [6.07, 6.45) is 0. The van der Waals surface area contributed by atoms with Crippen molar-refractivity contribution in [3.05, 3.63) is 28.2 Å². The third kappa shape index (κ3) is 5.02. The monoisotopic (exact) mass is 377 g/mol. The maximum Gasteiger partial charge on any atom is 0.325 e. The Morgan fingerprint density at radius 1 is 1.23 bits per heavy atom. The fraction of sp³-hybridized carbons (Fsp3) is 0.0909. The smallest absolute Gasteiger partial charge is 0.325 e. The van der Waals surface area contributed by atoms with E-state index in [-0.39, 0.29) is 5.75 Å². The van der Waals surface area contributed by atoms with Crippen LogP contribution in [0.1, 0.15) is 0 Å². The van der Waals surface area contributed by atoms with Crippen molar-refractivity contribution in [3.8, 4) is 0 Å². The van der Waals surface area contributed by atoms with E-state index in [1.54, 1.807) is 12.1 Å². The number of anilines is 2. The molecule has 0 atom stereocenters. The fourth-order valence-electron chi connectivity index (χ4n) is 1.28. The highest BCUT2D eigenvalue weighted by Crippen LogP contribution is 2.26. The molecule has 22 heavy (non-hydrogen) atoms. The molecule has 2 rings (SSSR count). The molecule has 1 heterocycles. The second-order valence-electron chi connectivity index (χ2n) is 3.84. The first-order chi connectivity index (χ1) is 10.4. The molecule has 7 nitrogen and oxygen atoms in total. The van der Waals surface area contributed by atoms with Gasteiger partial charge >= 0.3 is 6.03 Å². The van der Waals surface area contributed by atoms with E-state index in [0.29, 0.717) is 25.2 Å². The lowest BCUT2D eigenvalue weighted by atomic mass is 10.3. The number of carbonyl (C=O) groups is 2. The number of primary amides is 1. The predicted molar refractivity (Wildman–Crippen MR) is 88.9 cm³/mol. The van der Waals surface area contributed by atoms with Crippen LogP contribution < -0.4 is 16.4 Å². The topological polar surface area (TPSA) is 110 Å². The average Bonchev–Trinajstić information content (AvgIpc) is 2.88. The number of nitrogens with zero attached hydrogens (tertiary/aromatic N) is 2. The zero-order valence-electron chi connectivity index (χ0n) is 10.8. The number of hydrogen-bond donors (Lipinski definition) is 3. The van der Waals surface area contributed by atoms with Crippen molar-refractivity contribution >= 4 is 69.1 Å². The molecule has 0 spiro atoms. The molecule has 2 aromatic rings. The molecule has 3 amide bonds. The summed E-state index contributed by atoms with van der Waals surface area (Å²) in [7, 11) is 0. The largest absolute Gasteiger partial charge is 0.369 e. The van der Waals surface area contributed by atoms with Crippen molar-refractivity contribution in [2.75, 3.05) is 16.4 Å². The van der Waals surface area contributed by atoms with E-state index in [4.69, 9.17) is 28.9 Å². The molecule has 0 radical (unpaired) electrons. The Kier molecular flexibility index (Phi) is 5.83. The molecule has 116 valence electrons. The first-order valence-electron chi connectivity index (χ1n) is 5.71. The summed E-state index contributed by atoms with van der Waals surface area (Å²) in [5, 5.41) is 13.7. The minimum absolute atomic E-state index is 0.101. The summed E-state index contributed by atoms with van der Waals surface area (Å²) in [6.45, 7) is 0. The third-order valence-corrected chi connectivity index (χ3v) is 4.88. The van der Waals surface area contributed by atoms with Gasteiger partial charge in [-0.05, 0) is 18.2 Å². The van der Waals surface area contributed by atoms with Crippen LogP contribution >= 0.6 is 46.3 Å². The van der Waals surface area contributed by atoms with Crippen LogP contribution in [0.5, 0.6) is 0 Å². The predicted octanol–water partition coefficient (Wildman–Crippen LogP) is 3.07. The zero-order valence-corrected chi connectivity index (χ0v) is 13.9. The minimum atomic E-state index is -0.499. The Bertz CT molecular complexity index is 710. The Labute approximate surface area is 143 Å². The second kappa shape index (κ2) is 7.63. The van der Waals surface area contributed by atoms with E-state index in [2.05, 4.69) is 20.8 Å². The van der Waals surface area contributed by atoms with Gasteiger partial charge in [-0.2, -0.15) is 0 Å². The van der Waals surface area contributed by atoms with Gasteiger partial charge in [-0.25, -0.2) is 4.79 Å². The molecular formula is C11H9Cl2N5O2S2. The van der Waals surface area contributed by atoms with Crippen molar-refractivity contribution in [3.63, 3.8) is 0 Å². The van der Waals surface area contributed by atoms with Crippen molar-refractivity contribution in [1.29, 1.82) is 0 Å². The second-order valence-corrected chi connectivity index (χ2v) is 6.85. The van der Waals surface area contributed by atoms with E-state index in [1.807, 2.05) is 0 Å². The normalized spacial score (nSPS) is 10.3. The van der Waals surface area contributed by atoms with Crippen LogP contribution in [0.3, 0.4) is 0 Å². The van der Waals surface area contributed by atoms with Gasteiger partial charge in [-0.1, -0.05) is 46.3 Å². The number of hydrogen-bond acceptors (Lipinski definition) is 6. The lowest BCUT2D eigenvalue weighted by molar-refractivity contribution is -0.115. The summed E-state index contributed by atoms with van der Waals surface area (Å²) in [6, 6.07) is 4.21. The lowest BCUT2D eigenvalue weighted by Crippen LogP contribution is -2.19. The van der Waals surface area contributed by atoms with Crippen LogP contribution in [0.15, 0.2) is 22.5 Å². The summed E-state index contributed by atoms with van der Waals surface area (Å²) in [5.74, 6) is -0.350. The summed E-state index contributed by atoms with van der Waals surface area (Å²) in [5.41, 5.74) is 5.52. The molecule has 4 N–H and O–H groups in total. The molecule has 1 aromatic heterocycles. The van der Waals surface area contributed by atoms with Gasteiger partial charge in [0.2, 0.25) is 11.0 Å². The fourth-order valence-corrected chi connectivity index (χ4v) is 3.07. The molecule has 0 saturated heterocycles. The standard InChI is InChI=1S/C11H9Cl2N5O2S2/c12-6-2-1-5(3-7(6)13)15-9(20)16-10-17-18-11(22-10)21-4-8(14)19/h1-3H,4H2,(H2,14,19)(H2,15,16,17,20). The van der Waals surface area contributed by atoms with Crippen molar-refractivity contribution < 1.29 is 9.59 Å². The number of halogens is 2. The highest BCUT2D eigenvalue weighted by atomic mass is 35.5. The Hall–Kier alpha value is -1.55. The van der Waals surface area contributed by atoms with Crippen LogP contribution in [0.4, 0.5) is 15.6 Å². The molecule has 0 bridgehead atoms. The van der Waals surface area contributed by atoms with Crippen LogP contribution in [0.2, 0.25) is 10.0 Å². The number of benzene rings is 1. The Morgan fingerprint density at radius 3 is 2.68 bits per heavy atom. The number of carbonyl (C=O) groups excluding carboxylic acids is 2. The number of rotatable bonds is 5. The molecule has 0 aliphatic carbocycles. The van der Waals surface area contributed by atoms with Crippen molar-refractivity contribution in [2.45, 2.75) is 4.34 Å². The molecule has 0 aliphatic heterocycles. The first kappa shape index (κ1) is 16.8. The van der Waals surface area contributed by atoms with Gasteiger partial charge in [-0.15, -0.1) is 10.2 Å². The summed E-state index contributed by atoms with van der Waals surface area (Å²) < 4.78 is 0.531. The number of urea groups is 1. The van der Waals surface area contributed by atoms with Crippen LogP contribution in [0.25, 0.3) is 0 Å². The van der Waals surface area contributed by atoms with Crippen molar-refractivity contribution in [2.24, 2.45) is 5.73 Å². The highest BCUT2D eigenvalue weighted by molar-refractivity contribution is 8.01. The average molecular weight is 378 g/mol. The number of nitrogens with one attached hydrogen (secondary N) is 2. The highest BCUT2D eigenvalue weighted by Gasteiger charge is 2.10. The molecule has 11 heteroatoms. The van der Waals surface area contributed by atoms with E-state index < -0.39 is 11.9 Å². The van der Waals surface area contributed by atoms with Gasteiger partial charge in [-0.3, -0.25) is 10.1 Å². The molecule has 0 unspecified atom stereocenters. The molecule has 1 aromatic carbocycles. The van der Waals surface area contributed by atoms with Crippen LogP contribution in [0, 0.1) is 0 Å². The van der Waals surface area contributed by atoms with Gasteiger partial charge in [0.1, 0.15) is 0 Å². The molecule has 0 fully saturated rings. The molecular weight excluding hydrogens is 369 g/mol. The SMILES string of the molecule is NC(=O)CSc1nnc(NC(=O)Nc2ccc(Cl)c(Cl)c2)s1. The summed E-state index contributed by atoms with van der Waals surface area (Å²) >= 11 is 13.9. The molecule has 0 saturated carbocycles. The quantitative estimate of drug-likeness (QED) is 0.547. The van der Waals surface area contributed by atoms with E-state index in [9.17, 15) is 9.59 Å². The van der Waals surface area contributed by atoms with E-state index in [0.717, 1.165) is 23.1 Å². The number of amides is 3. The number of thioether (sulfide) groups is 1. The summed E-state index contributed by atoms with van der Waals surface area (Å²) in [4.78, 5) is 22.5. The van der Waals surface area contributed by atoms with Gasteiger partial charge in [0, 0.05) is 5.69 Å². The number of nitrogens with two attached hydrogens (primary N) is 1. The maximum atomic E-state index is 11.8. The molecule has 0 aliphatic rings. The van der Waals surface area contributed by atoms with Gasteiger partial charge in [0.25, 0.3) is 0 Å². The van der Waals surface area contributed by atoms with E-state index >= 15 is 0 Å². The van der Waals surface area contributed by atoms with Crippen LogP contribution in [-0.4, -0.2) is 27.9 Å². The first-order valence-corrected chi connectivity index (χ1v) is 8.27. The van der Waals surface area contributed by atoms with Crippen LogP contribution in [-0.2, 0) is 4.79 Å². The van der Waals surface area contributed by atoms with Gasteiger partial charge < -0.3 is 11.1 Å². The van der Waals surface area contributed by atoms with E-state index in [1.165, 1.54) is 6.07 Å². The zero-order chi connectivity index (χ0) is 16.1. The maximum absolute atomic E-state index is 11.8. The van der Waals surface area contributed by atoms with Gasteiger partial charge in [0.05, 0.1) is 15.8 Å². The Balaban J connectivity index is 1.91. The lowest BCUT2D eigenvalue weighted by Gasteiger charge is -2.05. The third-order valence-electron chi connectivity index (χ3n) is 2.14.